The molecular weight excluding hydrogens is 249 g/mol. The Morgan fingerprint density at radius 2 is 2.12 bits per heavy atom. The van der Waals surface area contributed by atoms with Gasteiger partial charge in [0.1, 0.15) is 6.04 Å². The summed E-state index contributed by atoms with van der Waals surface area (Å²) in [6.07, 6.45) is -0.604. The van der Waals surface area contributed by atoms with Crippen molar-refractivity contribution in [3.63, 3.8) is 0 Å². The molecule has 0 spiro atoms. The van der Waals surface area contributed by atoms with Crippen LogP contribution in [0.15, 0.2) is 0 Å². The minimum atomic E-state index is -3.32. The van der Waals surface area contributed by atoms with E-state index in [-0.39, 0.29) is 31.3 Å². The van der Waals surface area contributed by atoms with Gasteiger partial charge < -0.3 is 14.9 Å². The molecule has 0 bridgehead atoms. The number of carbonyl (C=O) groups is 3. The number of amides is 1. The van der Waals surface area contributed by atoms with Crippen LogP contribution in [-0.4, -0.2) is 58.0 Å². The number of aliphatic carboxylic acids is 1. The number of ketones is 1. The number of hydrogen-bond donors (Lipinski definition) is 2. The first-order valence-corrected chi connectivity index (χ1v) is 7.33. The van der Waals surface area contributed by atoms with Crippen molar-refractivity contribution in [2.24, 2.45) is 0 Å². The summed E-state index contributed by atoms with van der Waals surface area (Å²) >= 11 is 0. The number of carbonyl (C=O) groups excluding carboxylic acids is 2. The molecule has 2 N–H and O–H groups in total. The molecule has 1 aliphatic rings. The molecule has 0 aromatic rings. The normalized spacial score (nSPS) is 21.4. The summed E-state index contributed by atoms with van der Waals surface area (Å²) in [4.78, 5) is 43.4. The van der Waals surface area contributed by atoms with Crippen molar-refractivity contribution in [1.82, 2.24) is 4.90 Å². The summed E-state index contributed by atoms with van der Waals surface area (Å²) in [5, 5.41) is 8.96. The van der Waals surface area contributed by atoms with E-state index in [0.717, 1.165) is 11.6 Å². The van der Waals surface area contributed by atoms with Gasteiger partial charge in [0.05, 0.1) is 13.0 Å². The Balaban J connectivity index is 2.73. The van der Waals surface area contributed by atoms with Gasteiger partial charge in [-0.15, -0.1) is 0 Å². The maximum Gasteiger partial charge on any atom is 0.326 e. The monoisotopic (exact) mass is 263 g/mol. The highest BCUT2D eigenvalue weighted by atomic mass is 31.2. The summed E-state index contributed by atoms with van der Waals surface area (Å²) in [6.45, 7) is 0.901. The highest BCUT2D eigenvalue weighted by Gasteiger charge is 2.37. The molecule has 8 heteroatoms. The molecule has 1 amide bonds. The maximum absolute atomic E-state index is 11.4. The summed E-state index contributed by atoms with van der Waals surface area (Å²) in [5.74, 6) is -2.13. The molecule has 96 valence electrons. The smallest absolute Gasteiger partial charge is 0.326 e. The van der Waals surface area contributed by atoms with Crippen molar-refractivity contribution >= 4 is 25.0 Å². The van der Waals surface area contributed by atoms with Crippen molar-refractivity contribution in [1.29, 1.82) is 0 Å². The highest BCUT2D eigenvalue weighted by Crippen LogP contribution is 2.36. The molecule has 2 atom stereocenters. The van der Waals surface area contributed by atoms with Gasteiger partial charge in [0.25, 0.3) is 0 Å². The van der Waals surface area contributed by atoms with Crippen LogP contribution in [0.3, 0.4) is 0 Å². The van der Waals surface area contributed by atoms with Crippen molar-refractivity contribution in [3.05, 3.63) is 0 Å². The lowest BCUT2D eigenvalue weighted by Crippen LogP contribution is -2.42. The molecule has 17 heavy (non-hydrogen) atoms. The van der Waals surface area contributed by atoms with Crippen LogP contribution in [0.4, 0.5) is 0 Å². The molecule has 7 nitrogen and oxygen atoms in total. The Kier molecular flexibility index (Phi) is 4.06. The molecule has 1 rings (SSSR count). The fourth-order valence-corrected chi connectivity index (χ4v) is 2.39. The summed E-state index contributed by atoms with van der Waals surface area (Å²) in [5.41, 5.74) is 0. The average Bonchev–Trinajstić information content (AvgIpc) is 2.43. The molecule has 1 fully saturated rings. The Morgan fingerprint density at radius 3 is 2.47 bits per heavy atom. The molecule has 1 saturated heterocycles. The van der Waals surface area contributed by atoms with Crippen LogP contribution in [0.5, 0.6) is 0 Å². The van der Waals surface area contributed by atoms with E-state index in [4.69, 9.17) is 10.00 Å². The minimum absolute atomic E-state index is 0.126. The molecule has 0 aromatic carbocycles. The second-order valence-corrected chi connectivity index (χ2v) is 6.70. The van der Waals surface area contributed by atoms with Gasteiger partial charge >= 0.3 is 5.97 Å². The number of carboxylic acids is 1. The van der Waals surface area contributed by atoms with Gasteiger partial charge in [0.2, 0.25) is 5.91 Å². The van der Waals surface area contributed by atoms with Gasteiger partial charge in [-0.05, 0) is 6.42 Å². The van der Waals surface area contributed by atoms with Crippen LogP contribution in [0, 0.1) is 0 Å². The largest absolute Gasteiger partial charge is 0.480 e. The lowest BCUT2D eigenvalue weighted by atomic mass is 10.2. The number of rotatable bonds is 5. The van der Waals surface area contributed by atoms with Crippen LogP contribution in [-0.2, 0) is 18.9 Å². The lowest BCUT2D eigenvalue weighted by molar-refractivity contribution is -0.148. The van der Waals surface area contributed by atoms with Crippen molar-refractivity contribution in [2.75, 3.05) is 19.4 Å². The molecule has 0 aromatic heterocycles. The second kappa shape index (κ2) is 4.98. The van der Waals surface area contributed by atoms with Gasteiger partial charge in [-0.2, -0.15) is 0 Å². The molecule has 1 heterocycles. The Morgan fingerprint density at radius 1 is 1.53 bits per heavy atom. The lowest BCUT2D eigenvalue weighted by Gasteiger charge is -2.23. The zero-order valence-corrected chi connectivity index (χ0v) is 10.2. The van der Waals surface area contributed by atoms with Gasteiger partial charge in [-0.1, -0.05) is 0 Å². The van der Waals surface area contributed by atoms with E-state index in [1.807, 2.05) is 0 Å². The molecule has 0 aliphatic carbocycles. The predicted octanol–water partition coefficient (Wildman–Crippen LogP) is -0.469. The topological polar surface area (TPSA) is 112 Å². The minimum Gasteiger partial charge on any atom is -0.480 e. The van der Waals surface area contributed by atoms with E-state index >= 15 is 0 Å². The summed E-state index contributed by atoms with van der Waals surface area (Å²) in [7, 11) is -3.32. The first kappa shape index (κ1) is 13.9. The van der Waals surface area contributed by atoms with E-state index in [0.29, 0.717) is 0 Å². The van der Waals surface area contributed by atoms with Gasteiger partial charge in [0.15, 0.2) is 13.2 Å². The summed E-state index contributed by atoms with van der Waals surface area (Å²) < 4.78 is 11.1. The van der Waals surface area contributed by atoms with E-state index in [2.05, 4.69) is 0 Å². The van der Waals surface area contributed by atoms with Gasteiger partial charge in [-0.3, -0.25) is 14.2 Å². The third-order valence-electron chi connectivity index (χ3n) is 2.49. The summed E-state index contributed by atoms with van der Waals surface area (Å²) in [6, 6.07) is -1.20. The van der Waals surface area contributed by atoms with Crippen LogP contribution in [0.2, 0.25) is 0 Å². The standard InChI is InChI=1S/C9H14NO6P/c1-17(15,16)3-2-7(9(13)14)10-5-6(11)4-8(10)12/h7H,2-5H2,1H3,(H,13,14)(H,15,16). The van der Waals surface area contributed by atoms with E-state index in [9.17, 15) is 18.9 Å². The molecule has 0 saturated carbocycles. The Labute approximate surface area is 97.9 Å². The van der Waals surface area contributed by atoms with Crippen LogP contribution in [0.1, 0.15) is 12.8 Å². The number of nitrogens with zero attached hydrogens (tertiary/aromatic N) is 1. The third-order valence-corrected chi connectivity index (χ3v) is 3.58. The van der Waals surface area contributed by atoms with E-state index in [1.54, 1.807) is 0 Å². The van der Waals surface area contributed by atoms with E-state index < -0.39 is 25.3 Å². The van der Waals surface area contributed by atoms with Crippen molar-refractivity contribution < 1.29 is 28.9 Å². The molecule has 2 unspecified atom stereocenters. The Hall–Kier alpha value is -1.20. The fraction of sp³-hybridized carbons (Fsp3) is 0.667. The fourth-order valence-electron chi connectivity index (χ4n) is 1.66. The second-order valence-electron chi connectivity index (χ2n) is 4.15. The molecular formula is C9H14NO6P. The number of hydrogen-bond acceptors (Lipinski definition) is 4. The predicted molar refractivity (Wildman–Crippen MR) is 58.0 cm³/mol. The number of likely N-dealkylation sites (tertiary alicyclic amines) is 1. The van der Waals surface area contributed by atoms with Crippen LogP contribution < -0.4 is 0 Å². The van der Waals surface area contributed by atoms with E-state index in [1.165, 1.54) is 0 Å². The SMILES string of the molecule is CP(=O)(O)CCC(C(=O)O)N1CC(=O)CC1=O. The van der Waals surface area contributed by atoms with Gasteiger partial charge in [0, 0.05) is 12.8 Å². The molecule has 1 aliphatic heterocycles. The van der Waals surface area contributed by atoms with Crippen LogP contribution >= 0.6 is 7.37 Å². The zero-order chi connectivity index (χ0) is 13.2. The van der Waals surface area contributed by atoms with Crippen LogP contribution in [0.25, 0.3) is 0 Å². The zero-order valence-electron chi connectivity index (χ0n) is 9.33. The first-order valence-electron chi connectivity index (χ1n) is 5.04. The number of carboxylic acid groups (broad SMARTS) is 1. The maximum atomic E-state index is 11.4. The Bertz CT molecular complexity index is 400. The van der Waals surface area contributed by atoms with Crippen molar-refractivity contribution in [3.8, 4) is 0 Å². The first-order chi connectivity index (χ1) is 7.70. The van der Waals surface area contributed by atoms with Crippen molar-refractivity contribution in [2.45, 2.75) is 18.9 Å². The number of Topliss-reactive ketones (excluding diaryl/α,β-unsaturated/α-hetero) is 1. The van der Waals surface area contributed by atoms with Gasteiger partial charge in [-0.25, -0.2) is 4.79 Å². The average molecular weight is 263 g/mol. The quantitative estimate of drug-likeness (QED) is 0.512. The third kappa shape index (κ3) is 3.94. The highest BCUT2D eigenvalue weighted by molar-refractivity contribution is 7.57. The molecule has 0 radical (unpaired) electrons.